The van der Waals surface area contributed by atoms with E-state index in [0.29, 0.717) is 39.2 Å². The van der Waals surface area contributed by atoms with E-state index in [1.54, 1.807) is 34.6 Å². The number of aryl methyl sites for hydroxylation is 2. The van der Waals surface area contributed by atoms with Crippen LogP contribution in [-0.4, -0.2) is 90.2 Å². The molecule has 0 aliphatic carbocycles. The normalized spacial score (nSPS) is 25.1. The van der Waals surface area contributed by atoms with Gasteiger partial charge in [-0.25, -0.2) is 4.79 Å². The van der Waals surface area contributed by atoms with Gasteiger partial charge in [0.15, 0.2) is 0 Å². The molecular weight excluding hydrogens is 400 g/mol. The lowest BCUT2D eigenvalue weighted by Gasteiger charge is -2.40. The Morgan fingerprint density at radius 2 is 1.83 bits per heavy atom. The molecule has 12 heteroatoms. The smallest absolute Gasteiger partial charge is 0.409 e. The third-order valence-electron chi connectivity index (χ3n) is 5.40. The number of carbonyl (C=O) groups is 2. The average Bonchev–Trinajstić information content (AvgIpc) is 3.01. The van der Waals surface area contributed by atoms with Crippen molar-refractivity contribution in [3.63, 3.8) is 0 Å². The lowest BCUT2D eigenvalue weighted by atomic mass is 9.99. The van der Waals surface area contributed by atoms with Gasteiger partial charge in [0.1, 0.15) is 6.04 Å². The largest absolute Gasteiger partial charge is 0.450 e. The van der Waals surface area contributed by atoms with Gasteiger partial charge in [-0.05, 0) is 20.3 Å². The van der Waals surface area contributed by atoms with Gasteiger partial charge in [0.2, 0.25) is 5.91 Å². The summed E-state index contributed by atoms with van der Waals surface area (Å²) in [7, 11) is -0.638. The van der Waals surface area contributed by atoms with E-state index < -0.39 is 28.4 Å². The number of hydrogen-bond acceptors (Lipinski definition) is 6. The van der Waals surface area contributed by atoms with Crippen molar-refractivity contribution in [3.05, 3.63) is 17.5 Å². The van der Waals surface area contributed by atoms with Gasteiger partial charge < -0.3 is 14.5 Å². The van der Waals surface area contributed by atoms with Gasteiger partial charge in [-0.2, -0.15) is 22.5 Å². The van der Waals surface area contributed by atoms with Crippen molar-refractivity contribution >= 4 is 22.2 Å². The first-order valence-corrected chi connectivity index (χ1v) is 11.0. The molecule has 2 aliphatic heterocycles. The van der Waals surface area contributed by atoms with Crippen LogP contribution in [0.2, 0.25) is 0 Å². The highest BCUT2D eigenvalue weighted by molar-refractivity contribution is 7.87. The first kappa shape index (κ1) is 21.5. The molecule has 2 fully saturated rings. The predicted octanol–water partition coefficient (Wildman–Crippen LogP) is -0.391. The van der Waals surface area contributed by atoms with Crippen LogP contribution < -0.4 is 4.72 Å². The summed E-state index contributed by atoms with van der Waals surface area (Å²) in [5.41, 5.74) is 1.48. The summed E-state index contributed by atoms with van der Waals surface area (Å²) < 4.78 is 35.6. The highest BCUT2D eigenvalue weighted by Gasteiger charge is 2.43. The van der Waals surface area contributed by atoms with Crippen molar-refractivity contribution in [2.75, 3.05) is 39.8 Å². The maximum Gasteiger partial charge on any atom is 0.409 e. The van der Waals surface area contributed by atoms with E-state index in [4.69, 9.17) is 4.74 Å². The lowest BCUT2D eigenvalue weighted by molar-refractivity contribution is -0.137. The van der Waals surface area contributed by atoms with Crippen LogP contribution >= 0.6 is 0 Å². The van der Waals surface area contributed by atoms with Gasteiger partial charge in [-0.3, -0.25) is 9.48 Å². The molecule has 0 aromatic carbocycles. The monoisotopic (exact) mass is 428 g/mol. The fraction of sp³-hybridized carbons (Fsp3) is 0.706. The van der Waals surface area contributed by atoms with Crippen molar-refractivity contribution < 1.29 is 22.7 Å². The number of nitrogens with one attached hydrogen (secondary N) is 1. The van der Waals surface area contributed by atoms with Crippen molar-refractivity contribution in [2.24, 2.45) is 7.05 Å². The highest BCUT2D eigenvalue weighted by atomic mass is 32.2. The standard InChI is InChI=1S/C17H28N6O5S/c1-5-28-17(25)23-8-6-22(7-9-23)16(24)15-10-14(19-29(26,27)21(15)4)13-11-20(3)18-12(13)2/h11,14-15,19H,5-10H2,1-4H3/t14-,15-/m0/s1. The molecule has 1 aromatic rings. The summed E-state index contributed by atoms with van der Waals surface area (Å²) in [6.07, 6.45) is 1.68. The molecule has 3 rings (SSSR count). The molecule has 0 bridgehead atoms. The number of ether oxygens (including phenoxy) is 1. The van der Waals surface area contributed by atoms with E-state index in [-0.39, 0.29) is 5.91 Å². The highest BCUT2D eigenvalue weighted by Crippen LogP contribution is 2.30. The number of hydrogen-bond donors (Lipinski definition) is 1. The van der Waals surface area contributed by atoms with Crippen molar-refractivity contribution in [3.8, 4) is 0 Å². The third-order valence-corrected chi connectivity index (χ3v) is 6.99. The Hall–Kier alpha value is -2.18. The molecule has 1 aromatic heterocycles. The molecule has 11 nitrogen and oxygen atoms in total. The first-order chi connectivity index (χ1) is 13.6. The van der Waals surface area contributed by atoms with Gasteiger partial charge in [0.25, 0.3) is 10.2 Å². The Morgan fingerprint density at radius 3 is 2.38 bits per heavy atom. The first-order valence-electron chi connectivity index (χ1n) is 9.60. The molecule has 0 unspecified atom stereocenters. The number of carbonyl (C=O) groups excluding carboxylic acids is 2. The number of rotatable bonds is 3. The minimum Gasteiger partial charge on any atom is -0.450 e. The van der Waals surface area contributed by atoms with Crippen molar-refractivity contribution in [2.45, 2.75) is 32.4 Å². The molecule has 3 heterocycles. The zero-order chi connectivity index (χ0) is 21.3. The Kier molecular flexibility index (Phi) is 6.15. The number of nitrogens with zero attached hydrogens (tertiary/aromatic N) is 5. The number of amides is 2. The van der Waals surface area contributed by atoms with Gasteiger partial charge in [-0.1, -0.05) is 0 Å². The number of likely N-dealkylation sites (N-methyl/N-ethyl adjacent to an activating group) is 1. The van der Waals surface area contributed by atoms with E-state index in [1.807, 2.05) is 6.92 Å². The van der Waals surface area contributed by atoms with Gasteiger partial charge in [0, 0.05) is 52.0 Å². The molecular formula is C17H28N6O5S. The summed E-state index contributed by atoms with van der Waals surface area (Å²) in [6.45, 7) is 5.25. The fourth-order valence-corrected chi connectivity index (χ4v) is 5.05. The average molecular weight is 429 g/mol. The van der Waals surface area contributed by atoms with Gasteiger partial charge in [0.05, 0.1) is 18.3 Å². The molecule has 2 saturated heterocycles. The van der Waals surface area contributed by atoms with E-state index in [1.165, 1.54) is 7.05 Å². The second-order valence-corrected chi connectivity index (χ2v) is 9.06. The van der Waals surface area contributed by atoms with Gasteiger partial charge in [-0.15, -0.1) is 0 Å². The Balaban J connectivity index is 1.73. The van der Waals surface area contributed by atoms with Gasteiger partial charge >= 0.3 is 6.09 Å². The minimum atomic E-state index is -3.82. The summed E-state index contributed by atoms with van der Waals surface area (Å²) in [6, 6.07) is -1.35. The minimum absolute atomic E-state index is 0.257. The zero-order valence-electron chi connectivity index (χ0n) is 17.2. The van der Waals surface area contributed by atoms with Crippen molar-refractivity contribution in [1.82, 2.24) is 28.6 Å². The summed E-state index contributed by atoms with van der Waals surface area (Å²) in [5, 5.41) is 4.28. The van der Waals surface area contributed by atoms with E-state index in [0.717, 1.165) is 15.6 Å². The summed E-state index contributed by atoms with van der Waals surface area (Å²) in [4.78, 5) is 28.2. The van der Waals surface area contributed by atoms with E-state index >= 15 is 0 Å². The van der Waals surface area contributed by atoms with Crippen LogP contribution in [0.15, 0.2) is 6.20 Å². The van der Waals surface area contributed by atoms with Crippen LogP contribution in [-0.2, 0) is 26.8 Å². The summed E-state index contributed by atoms with van der Waals surface area (Å²) >= 11 is 0. The van der Waals surface area contributed by atoms with Crippen LogP contribution in [0.1, 0.15) is 30.6 Å². The zero-order valence-corrected chi connectivity index (χ0v) is 18.0. The second kappa shape index (κ2) is 8.28. The molecule has 29 heavy (non-hydrogen) atoms. The quantitative estimate of drug-likeness (QED) is 0.701. The Labute approximate surface area is 170 Å². The molecule has 162 valence electrons. The van der Waals surface area contributed by atoms with Crippen molar-refractivity contribution in [1.29, 1.82) is 0 Å². The third kappa shape index (κ3) is 4.38. The molecule has 2 amide bonds. The number of piperazine rings is 1. The van der Waals surface area contributed by atoms with Crippen LogP contribution in [0.4, 0.5) is 4.79 Å². The second-order valence-electron chi connectivity index (χ2n) is 7.30. The molecule has 2 aliphatic rings. The van der Waals surface area contributed by atoms with Crippen LogP contribution in [0.3, 0.4) is 0 Å². The lowest BCUT2D eigenvalue weighted by Crippen LogP contribution is -2.60. The van der Waals surface area contributed by atoms with Crippen LogP contribution in [0, 0.1) is 6.92 Å². The maximum absolute atomic E-state index is 13.2. The van der Waals surface area contributed by atoms with Crippen LogP contribution in [0.25, 0.3) is 0 Å². The molecule has 0 radical (unpaired) electrons. The molecule has 0 spiro atoms. The fourth-order valence-electron chi connectivity index (χ4n) is 3.79. The number of aromatic nitrogens is 2. The van der Waals surface area contributed by atoms with E-state index in [2.05, 4.69) is 9.82 Å². The molecule has 0 saturated carbocycles. The molecule has 1 N–H and O–H groups in total. The Bertz CT molecular complexity index is 877. The van der Waals surface area contributed by atoms with E-state index in [9.17, 15) is 18.0 Å². The topological polar surface area (TPSA) is 117 Å². The predicted molar refractivity (Wildman–Crippen MR) is 104 cm³/mol. The maximum atomic E-state index is 13.2. The molecule has 2 atom stereocenters. The summed E-state index contributed by atoms with van der Waals surface area (Å²) in [5.74, 6) is -0.257. The van der Waals surface area contributed by atoms with Crippen LogP contribution in [0.5, 0.6) is 0 Å². The SMILES string of the molecule is CCOC(=O)N1CCN(C(=O)[C@@H]2C[C@@H](c3cn(C)nc3C)NS(=O)(=O)N2C)CC1. The Morgan fingerprint density at radius 1 is 1.21 bits per heavy atom.